The fourth-order valence-corrected chi connectivity index (χ4v) is 12.1. The predicted octanol–water partition coefficient (Wildman–Crippen LogP) is 7.18. The molecule has 0 aliphatic carbocycles. The fraction of sp³-hybridized carbons (Fsp3) is 0.385. The van der Waals surface area contributed by atoms with E-state index < -0.39 is 8.32 Å². The second-order valence-corrected chi connectivity index (χ2v) is 18.0. The maximum absolute atomic E-state index is 7.64. The number of rotatable bonds is 9. The van der Waals surface area contributed by atoms with Gasteiger partial charge in [0.25, 0.3) is 8.32 Å². The van der Waals surface area contributed by atoms with E-state index in [0.717, 1.165) is 31.7 Å². The summed E-state index contributed by atoms with van der Waals surface area (Å²) in [6, 6.07) is 41.1. The summed E-state index contributed by atoms with van der Waals surface area (Å²) in [5.74, 6) is 1.48. The molecule has 4 aromatic rings. The van der Waals surface area contributed by atoms with Crippen LogP contribution in [0.2, 0.25) is 5.04 Å². The summed E-state index contributed by atoms with van der Waals surface area (Å²) in [5.41, 5.74) is 2.42. The Bertz CT molecular complexity index is 1430. The van der Waals surface area contributed by atoms with Crippen LogP contribution >= 0.6 is 0 Å². The lowest BCUT2D eigenvalue weighted by atomic mass is 9.86. The molecule has 2 aliphatic heterocycles. The summed E-state index contributed by atoms with van der Waals surface area (Å²) in [6.07, 6.45) is 2.25. The molecule has 0 amide bonds. The van der Waals surface area contributed by atoms with Crippen molar-refractivity contribution in [2.24, 2.45) is 0 Å². The number of nitrogens with zero attached hydrogens (tertiary/aromatic N) is 1. The second-order valence-electron chi connectivity index (χ2n) is 13.7. The zero-order valence-electron chi connectivity index (χ0n) is 26.7. The summed E-state index contributed by atoms with van der Waals surface area (Å²) in [4.78, 5) is 2.66. The SMILES string of the molecule is CC1(N2CCC(c3ccc(OCc4ccccc4)cc3)CC2)COCC1O[Si](c1ccccc1)(c1ccccc1)C(C)(C)C. The van der Waals surface area contributed by atoms with Crippen LogP contribution in [-0.2, 0) is 15.8 Å². The first kappa shape index (κ1) is 30.8. The molecule has 0 saturated carbocycles. The van der Waals surface area contributed by atoms with Crippen LogP contribution in [-0.4, -0.2) is 51.2 Å². The molecule has 230 valence electrons. The number of benzene rings is 4. The highest BCUT2D eigenvalue weighted by Crippen LogP contribution is 2.42. The van der Waals surface area contributed by atoms with Crippen molar-refractivity contribution in [2.75, 3.05) is 26.3 Å². The molecule has 44 heavy (non-hydrogen) atoms. The lowest BCUT2D eigenvalue weighted by Crippen LogP contribution is -2.70. The molecule has 2 fully saturated rings. The van der Waals surface area contributed by atoms with Gasteiger partial charge in [0.2, 0.25) is 0 Å². The molecule has 4 aromatic carbocycles. The molecule has 0 radical (unpaired) electrons. The van der Waals surface area contributed by atoms with Gasteiger partial charge < -0.3 is 13.9 Å². The standard InChI is InChI=1S/C39H47NO3Si/c1-38(2,3)44(35-16-10-6-11-17-35,36-18-12-7-13-19-36)43-37-29-41-30-39(37,4)40-26-24-33(25-27-40)32-20-22-34(23-21-32)42-28-31-14-8-5-9-15-31/h5-23,33,37H,24-30H2,1-4H3. The van der Waals surface area contributed by atoms with Crippen LogP contribution in [0.15, 0.2) is 115 Å². The van der Waals surface area contributed by atoms with E-state index in [9.17, 15) is 0 Å². The van der Waals surface area contributed by atoms with Gasteiger partial charge in [-0.05, 0) is 77.4 Å². The summed E-state index contributed by atoms with van der Waals surface area (Å²) in [7, 11) is -2.69. The lowest BCUT2D eigenvalue weighted by Gasteiger charge is -2.50. The van der Waals surface area contributed by atoms with Crippen LogP contribution in [0.25, 0.3) is 0 Å². The van der Waals surface area contributed by atoms with Crippen LogP contribution in [0.4, 0.5) is 0 Å². The van der Waals surface area contributed by atoms with E-state index in [0.29, 0.717) is 25.7 Å². The van der Waals surface area contributed by atoms with Gasteiger partial charge in [-0.15, -0.1) is 0 Å². The molecule has 0 aromatic heterocycles. The molecule has 0 N–H and O–H groups in total. The average Bonchev–Trinajstić information content (AvgIpc) is 3.44. The minimum atomic E-state index is -2.69. The Kier molecular flexibility index (Phi) is 9.11. The zero-order chi connectivity index (χ0) is 30.6. The van der Waals surface area contributed by atoms with Crippen molar-refractivity contribution in [2.45, 2.75) is 69.7 Å². The highest BCUT2D eigenvalue weighted by atomic mass is 28.4. The number of ether oxygens (including phenoxy) is 2. The molecule has 2 aliphatic rings. The largest absolute Gasteiger partial charge is 0.489 e. The zero-order valence-corrected chi connectivity index (χ0v) is 27.7. The molecular formula is C39H47NO3Si. The topological polar surface area (TPSA) is 30.9 Å². The third-order valence-corrected chi connectivity index (χ3v) is 15.0. The van der Waals surface area contributed by atoms with Crippen molar-refractivity contribution in [1.82, 2.24) is 4.90 Å². The second kappa shape index (κ2) is 13.0. The Hall–Kier alpha value is -3.22. The molecule has 5 heteroatoms. The predicted molar refractivity (Wildman–Crippen MR) is 182 cm³/mol. The monoisotopic (exact) mass is 605 g/mol. The van der Waals surface area contributed by atoms with Crippen molar-refractivity contribution in [3.05, 3.63) is 126 Å². The van der Waals surface area contributed by atoms with Crippen molar-refractivity contribution < 1.29 is 13.9 Å². The normalized spacial score (nSPS) is 21.8. The van der Waals surface area contributed by atoms with E-state index in [2.05, 4.69) is 142 Å². The van der Waals surface area contributed by atoms with Gasteiger partial charge in [-0.3, -0.25) is 4.90 Å². The van der Waals surface area contributed by atoms with Crippen molar-refractivity contribution in [3.63, 3.8) is 0 Å². The van der Waals surface area contributed by atoms with Crippen LogP contribution in [0.1, 0.15) is 57.6 Å². The summed E-state index contributed by atoms with van der Waals surface area (Å²) < 4.78 is 20.0. The summed E-state index contributed by atoms with van der Waals surface area (Å²) >= 11 is 0. The van der Waals surface area contributed by atoms with E-state index in [4.69, 9.17) is 13.9 Å². The third-order valence-electron chi connectivity index (χ3n) is 9.91. The van der Waals surface area contributed by atoms with Gasteiger partial charge in [0.05, 0.1) is 24.9 Å². The first-order chi connectivity index (χ1) is 21.3. The van der Waals surface area contributed by atoms with Crippen LogP contribution in [0.5, 0.6) is 5.75 Å². The van der Waals surface area contributed by atoms with E-state index in [-0.39, 0.29) is 16.7 Å². The first-order valence-corrected chi connectivity index (χ1v) is 18.1. The highest BCUT2D eigenvalue weighted by Gasteiger charge is 2.56. The lowest BCUT2D eigenvalue weighted by molar-refractivity contribution is 0.00482. The quantitative estimate of drug-likeness (QED) is 0.189. The van der Waals surface area contributed by atoms with Gasteiger partial charge in [-0.25, -0.2) is 0 Å². The number of piperidine rings is 1. The van der Waals surface area contributed by atoms with Gasteiger partial charge >= 0.3 is 0 Å². The Balaban J connectivity index is 1.17. The molecule has 2 atom stereocenters. The number of likely N-dealkylation sites (tertiary alicyclic amines) is 1. The Morgan fingerprint density at radius 1 is 0.773 bits per heavy atom. The Labute approximate surface area is 265 Å². The van der Waals surface area contributed by atoms with Gasteiger partial charge in [-0.1, -0.05) is 124 Å². The van der Waals surface area contributed by atoms with Gasteiger partial charge in [0.1, 0.15) is 12.4 Å². The van der Waals surface area contributed by atoms with E-state index in [1.165, 1.54) is 21.5 Å². The fourth-order valence-electron chi connectivity index (χ4n) is 7.31. The summed E-state index contributed by atoms with van der Waals surface area (Å²) in [5, 5.41) is 2.58. The minimum Gasteiger partial charge on any atom is -0.489 e. The maximum atomic E-state index is 7.64. The number of hydrogen-bond donors (Lipinski definition) is 0. The van der Waals surface area contributed by atoms with Gasteiger partial charge in [0, 0.05) is 0 Å². The average molecular weight is 606 g/mol. The molecule has 4 nitrogen and oxygen atoms in total. The van der Waals surface area contributed by atoms with Crippen LogP contribution < -0.4 is 15.1 Å². The van der Waals surface area contributed by atoms with Crippen molar-refractivity contribution in [3.8, 4) is 5.75 Å². The Morgan fingerprint density at radius 3 is 1.86 bits per heavy atom. The van der Waals surface area contributed by atoms with Crippen LogP contribution in [0, 0.1) is 0 Å². The summed E-state index contributed by atoms with van der Waals surface area (Å²) in [6.45, 7) is 13.5. The molecule has 6 rings (SSSR count). The first-order valence-electron chi connectivity index (χ1n) is 16.2. The molecule has 2 heterocycles. The Morgan fingerprint density at radius 2 is 1.32 bits per heavy atom. The van der Waals surface area contributed by atoms with Crippen molar-refractivity contribution in [1.29, 1.82) is 0 Å². The smallest absolute Gasteiger partial charge is 0.261 e. The highest BCUT2D eigenvalue weighted by molar-refractivity contribution is 6.99. The van der Waals surface area contributed by atoms with E-state index in [1.54, 1.807) is 0 Å². The number of hydrogen-bond acceptors (Lipinski definition) is 4. The minimum absolute atomic E-state index is 0.00796. The van der Waals surface area contributed by atoms with Gasteiger partial charge in [0.15, 0.2) is 0 Å². The van der Waals surface area contributed by atoms with E-state index >= 15 is 0 Å². The molecule has 0 bridgehead atoms. The van der Waals surface area contributed by atoms with Gasteiger partial charge in [-0.2, -0.15) is 0 Å². The molecular weight excluding hydrogens is 559 g/mol. The van der Waals surface area contributed by atoms with E-state index in [1.807, 2.05) is 6.07 Å². The molecule has 2 saturated heterocycles. The van der Waals surface area contributed by atoms with Crippen LogP contribution in [0.3, 0.4) is 0 Å². The molecule has 0 spiro atoms. The third kappa shape index (κ3) is 6.16. The molecule has 2 unspecified atom stereocenters. The van der Waals surface area contributed by atoms with Crippen molar-refractivity contribution >= 4 is 18.7 Å². The maximum Gasteiger partial charge on any atom is 0.261 e.